The second-order valence-corrected chi connectivity index (χ2v) is 8.42. The lowest BCUT2D eigenvalue weighted by Gasteiger charge is -2.36. The number of cyclic esters (lactones) is 1. The number of hydrogen-bond donors (Lipinski definition) is 1. The Morgan fingerprint density at radius 1 is 1.18 bits per heavy atom. The van der Waals surface area contributed by atoms with Gasteiger partial charge in [0.25, 0.3) is 11.1 Å². The number of pyridine rings is 1. The molecule has 3 heterocycles. The molecule has 3 amide bonds. The largest absolute Gasteiger partial charge is 0.442 e. The van der Waals surface area contributed by atoms with Crippen LogP contribution in [0.3, 0.4) is 0 Å². The highest BCUT2D eigenvalue weighted by molar-refractivity contribution is 7.96. The average molecular weight is 492 g/mol. The molecule has 0 N–H and O–H groups in total. The fourth-order valence-electron chi connectivity index (χ4n) is 3.97. The summed E-state index contributed by atoms with van der Waals surface area (Å²) in [5, 5.41) is -0.445. The van der Waals surface area contributed by atoms with Crippen LogP contribution in [0.15, 0.2) is 36.4 Å². The maximum atomic E-state index is 15.0. The van der Waals surface area contributed by atoms with Crippen LogP contribution in [0.4, 0.5) is 29.7 Å². The van der Waals surface area contributed by atoms with E-state index in [1.54, 1.807) is 29.0 Å². The average Bonchev–Trinajstić information content (AvgIpc) is 3.18. The van der Waals surface area contributed by atoms with E-state index < -0.39 is 29.2 Å². The topological polar surface area (TPSA) is 86.3 Å². The quantitative estimate of drug-likeness (QED) is 0.511. The summed E-state index contributed by atoms with van der Waals surface area (Å²) < 4.78 is 33.6. The van der Waals surface area contributed by atoms with Gasteiger partial charge in [-0.2, -0.15) is 4.39 Å². The Labute approximate surface area is 200 Å². The van der Waals surface area contributed by atoms with Gasteiger partial charge in [0.15, 0.2) is 0 Å². The Kier molecular flexibility index (Phi) is 6.87. The van der Waals surface area contributed by atoms with Crippen LogP contribution < -0.4 is 9.80 Å². The Morgan fingerprint density at radius 3 is 2.56 bits per heavy atom. The van der Waals surface area contributed by atoms with Gasteiger partial charge in [0.1, 0.15) is 17.6 Å². The molecule has 4 rings (SSSR count). The van der Waals surface area contributed by atoms with Gasteiger partial charge >= 0.3 is 6.09 Å². The number of piperazine rings is 1. The molecule has 0 bridgehead atoms. The van der Waals surface area contributed by atoms with E-state index >= 15 is 0 Å². The highest BCUT2D eigenvalue weighted by atomic mass is 32.1. The number of nitrogens with zero attached hydrogens (tertiary/aromatic N) is 5. The van der Waals surface area contributed by atoms with Crippen molar-refractivity contribution in [3.63, 3.8) is 0 Å². The smallest absolute Gasteiger partial charge is 0.414 e. The van der Waals surface area contributed by atoms with Crippen molar-refractivity contribution < 1.29 is 27.9 Å². The number of aromatic nitrogens is 1. The number of thiol groups is 1. The zero-order valence-corrected chi connectivity index (χ0v) is 19.3. The number of ether oxygens (including phenoxy) is 1. The molecule has 34 heavy (non-hydrogen) atoms. The monoisotopic (exact) mass is 491 g/mol. The lowest BCUT2D eigenvalue weighted by Crippen LogP contribution is -2.49. The van der Waals surface area contributed by atoms with Crippen molar-refractivity contribution in [2.24, 2.45) is 0 Å². The van der Waals surface area contributed by atoms with E-state index in [0.29, 0.717) is 37.6 Å². The molecule has 0 unspecified atom stereocenters. The summed E-state index contributed by atoms with van der Waals surface area (Å²) in [6.07, 6.45) is -1.16. The predicted octanol–water partition coefficient (Wildman–Crippen LogP) is 2.63. The summed E-state index contributed by atoms with van der Waals surface area (Å²) in [7, 11) is 1.54. The van der Waals surface area contributed by atoms with Gasteiger partial charge in [-0.1, -0.05) is 18.7 Å². The molecule has 2 saturated heterocycles. The van der Waals surface area contributed by atoms with Crippen molar-refractivity contribution >= 4 is 41.2 Å². The van der Waals surface area contributed by atoms with Gasteiger partial charge in [-0.05, 0) is 30.3 Å². The van der Waals surface area contributed by atoms with Crippen LogP contribution in [0.1, 0.15) is 10.5 Å². The van der Waals surface area contributed by atoms with E-state index in [9.17, 15) is 23.2 Å². The third-order valence-electron chi connectivity index (χ3n) is 5.76. The second-order valence-electron chi connectivity index (χ2n) is 8.04. The van der Waals surface area contributed by atoms with Crippen molar-refractivity contribution in [3.05, 3.63) is 53.9 Å². The van der Waals surface area contributed by atoms with E-state index in [1.165, 1.54) is 34.1 Å². The van der Waals surface area contributed by atoms with Crippen LogP contribution in [0.2, 0.25) is 0 Å². The number of carbonyl (C=O) groups excluding carboxylic acids is 3. The summed E-state index contributed by atoms with van der Waals surface area (Å²) >= 11 is 3.73. The molecule has 180 valence electrons. The van der Waals surface area contributed by atoms with Crippen LogP contribution in [-0.2, 0) is 4.74 Å². The molecule has 2 fully saturated rings. The maximum absolute atomic E-state index is 15.0. The molecule has 0 aliphatic carbocycles. The SMILES string of the molecule is CN(C[C@@H]1CN(c2ccc(N3CCN(C(=O)c4cccc(F)n4)CC3)c(F)c2)C(=O)O1)C(=O)S. The minimum Gasteiger partial charge on any atom is -0.442 e. The molecule has 9 nitrogen and oxygen atoms in total. The molecule has 1 atom stereocenters. The van der Waals surface area contributed by atoms with Crippen LogP contribution in [0.5, 0.6) is 0 Å². The highest BCUT2D eigenvalue weighted by Gasteiger charge is 2.34. The number of amides is 3. The number of carbonyl (C=O) groups is 3. The van der Waals surface area contributed by atoms with Gasteiger partial charge < -0.3 is 19.4 Å². The number of hydrogen-bond acceptors (Lipinski definition) is 6. The minimum absolute atomic E-state index is 0.0321. The van der Waals surface area contributed by atoms with Gasteiger partial charge in [-0.3, -0.25) is 14.5 Å². The van der Waals surface area contributed by atoms with Crippen molar-refractivity contribution in [2.75, 3.05) is 56.1 Å². The van der Waals surface area contributed by atoms with Crippen molar-refractivity contribution in [3.8, 4) is 0 Å². The molecule has 2 aliphatic rings. The van der Waals surface area contributed by atoms with Crippen LogP contribution >= 0.6 is 12.6 Å². The summed E-state index contributed by atoms with van der Waals surface area (Å²) in [6.45, 7) is 1.78. The Hall–Kier alpha value is -3.41. The zero-order valence-electron chi connectivity index (χ0n) is 18.4. The summed E-state index contributed by atoms with van der Waals surface area (Å²) in [4.78, 5) is 45.7. The molecular weight excluding hydrogens is 468 g/mol. The van der Waals surface area contributed by atoms with Gasteiger partial charge in [0, 0.05) is 33.2 Å². The first-order valence-electron chi connectivity index (χ1n) is 10.6. The maximum Gasteiger partial charge on any atom is 0.414 e. The van der Waals surface area contributed by atoms with Crippen molar-refractivity contribution in [1.82, 2.24) is 14.8 Å². The predicted molar refractivity (Wildman–Crippen MR) is 123 cm³/mol. The first-order chi connectivity index (χ1) is 16.2. The van der Waals surface area contributed by atoms with Crippen LogP contribution in [0, 0.1) is 11.8 Å². The summed E-state index contributed by atoms with van der Waals surface area (Å²) in [5.41, 5.74) is 0.730. The second kappa shape index (κ2) is 9.84. The minimum atomic E-state index is -0.720. The van der Waals surface area contributed by atoms with Gasteiger partial charge in [-0.25, -0.2) is 14.2 Å². The fourth-order valence-corrected chi connectivity index (χ4v) is 4.05. The van der Waals surface area contributed by atoms with Crippen molar-refractivity contribution in [2.45, 2.75) is 6.10 Å². The van der Waals surface area contributed by atoms with E-state index in [0.717, 1.165) is 0 Å². The molecule has 0 spiro atoms. The van der Waals surface area contributed by atoms with Crippen LogP contribution in [0.25, 0.3) is 0 Å². The molecule has 1 aromatic carbocycles. The standard InChI is InChI=1S/C22H23F2N5O4S/c1-26(22(32)34)12-15-13-29(21(31)33-15)14-5-6-18(16(23)11-14)27-7-9-28(10-8-27)20(30)17-3-2-4-19(24)25-17/h2-6,11,15H,7-10,12-13H2,1H3,(H,32,34)/t15-/m1/s1. The number of likely N-dealkylation sites (N-methyl/N-ethyl adjacent to an activating group) is 1. The first-order valence-corrected chi connectivity index (χ1v) is 11.1. The van der Waals surface area contributed by atoms with E-state index in [-0.39, 0.29) is 24.7 Å². The molecule has 0 radical (unpaired) electrons. The molecular formula is C22H23F2N5O4S. The molecule has 0 saturated carbocycles. The highest BCUT2D eigenvalue weighted by Crippen LogP contribution is 2.29. The van der Waals surface area contributed by atoms with E-state index in [2.05, 4.69) is 17.6 Å². The lowest BCUT2D eigenvalue weighted by molar-refractivity contribution is 0.0739. The number of halogens is 2. The third-order valence-corrected chi connectivity index (χ3v) is 6.10. The third kappa shape index (κ3) is 5.06. The van der Waals surface area contributed by atoms with Gasteiger partial charge in [0.05, 0.1) is 24.5 Å². The first kappa shape index (κ1) is 23.7. The van der Waals surface area contributed by atoms with Crippen LogP contribution in [-0.4, -0.2) is 84.4 Å². The van der Waals surface area contributed by atoms with Gasteiger partial charge in [-0.15, -0.1) is 0 Å². The fraction of sp³-hybridized carbons (Fsp3) is 0.364. The molecule has 1 aromatic heterocycles. The van der Waals surface area contributed by atoms with E-state index in [1.807, 2.05) is 0 Å². The normalized spacial score (nSPS) is 18.2. The molecule has 2 aromatic rings. The van der Waals surface area contributed by atoms with Gasteiger partial charge in [0.2, 0.25) is 5.95 Å². The van der Waals surface area contributed by atoms with Crippen molar-refractivity contribution in [1.29, 1.82) is 0 Å². The summed E-state index contributed by atoms with van der Waals surface area (Å²) in [6, 6.07) is 8.53. The Morgan fingerprint density at radius 2 is 1.91 bits per heavy atom. The lowest BCUT2D eigenvalue weighted by atomic mass is 10.2. The van der Waals surface area contributed by atoms with E-state index in [4.69, 9.17) is 4.74 Å². The molecule has 12 heteroatoms. The molecule has 2 aliphatic heterocycles. The zero-order chi connectivity index (χ0) is 24.4. The number of rotatable bonds is 5. The Bertz CT molecular complexity index is 1110. The number of benzene rings is 1. The Balaban J connectivity index is 1.38. The number of anilines is 2. The summed E-state index contributed by atoms with van der Waals surface area (Å²) in [5.74, 6) is -1.60.